The molecule has 0 amide bonds. The van der Waals surface area contributed by atoms with Crippen LogP contribution in [0.15, 0.2) is 95.8 Å². The maximum atomic E-state index is 13.4. The Kier molecular flexibility index (Phi) is 4.81. The first kappa shape index (κ1) is 18.8. The smallest absolute Gasteiger partial charge is 0.266 e. The number of fused-ring (bicyclic) bond motifs is 2. The van der Waals surface area contributed by atoms with Gasteiger partial charge in [0.05, 0.1) is 23.7 Å². The summed E-state index contributed by atoms with van der Waals surface area (Å²) < 4.78 is 6.91. The molecule has 0 atom stereocenters. The standard InChI is InChI=1S/C27H20N2O2/c1-31-22-16-14-21(15-17-22)29-26(28-25-12-5-4-11-24(25)27(29)30)18-13-20-9-6-8-19-7-2-3-10-23(19)20/h2-18H,1H3/b18-13+. The fourth-order valence-electron chi connectivity index (χ4n) is 3.80. The summed E-state index contributed by atoms with van der Waals surface area (Å²) >= 11 is 0. The SMILES string of the molecule is COc1ccc(-n2c(/C=C/c3cccc4ccccc34)nc3ccccc3c2=O)cc1. The van der Waals surface area contributed by atoms with E-state index in [0.29, 0.717) is 16.7 Å². The molecule has 4 aromatic carbocycles. The molecular formula is C27H20N2O2. The van der Waals surface area contributed by atoms with Crippen molar-refractivity contribution >= 4 is 33.8 Å². The van der Waals surface area contributed by atoms with Crippen LogP contribution in [0.4, 0.5) is 0 Å². The summed E-state index contributed by atoms with van der Waals surface area (Å²) in [6, 6.07) is 29.3. The zero-order valence-corrected chi connectivity index (χ0v) is 17.0. The Morgan fingerprint density at radius 1 is 0.774 bits per heavy atom. The second-order valence-corrected chi connectivity index (χ2v) is 7.23. The minimum atomic E-state index is -0.103. The molecule has 0 radical (unpaired) electrons. The van der Waals surface area contributed by atoms with Crippen molar-refractivity contribution in [3.05, 3.63) is 113 Å². The molecule has 0 saturated heterocycles. The highest BCUT2D eigenvalue weighted by Crippen LogP contribution is 2.22. The first-order chi connectivity index (χ1) is 15.2. The predicted molar refractivity (Wildman–Crippen MR) is 127 cm³/mol. The van der Waals surface area contributed by atoms with Crippen molar-refractivity contribution in [3.8, 4) is 11.4 Å². The number of aromatic nitrogens is 2. The predicted octanol–water partition coefficient (Wildman–Crippen LogP) is 5.72. The molecule has 31 heavy (non-hydrogen) atoms. The summed E-state index contributed by atoms with van der Waals surface area (Å²) in [5.41, 5.74) is 2.38. The van der Waals surface area contributed by atoms with Gasteiger partial charge in [-0.3, -0.25) is 9.36 Å². The molecule has 0 unspecified atom stereocenters. The van der Waals surface area contributed by atoms with E-state index in [1.54, 1.807) is 11.7 Å². The van der Waals surface area contributed by atoms with Gasteiger partial charge in [-0.2, -0.15) is 0 Å². The van der Waals surface area contributed by atoms with Gasteiger partial charge in [-0.05, 0) is 58.8 Å². The average molecular weight is 404 g/mol. The van der Waals surface area contributed by atoms with Gasteiger partial charge in [0.25, 0.3) is 5.56 Å². The van der Waals surface area contributed by atoms with Crippen LogP contribution in [0.25, 0.3) is 39.5 Å². The molecule has 0 spiro atoms. The molecule has 0 saturated carbocycles. The highest BCUT2D eigenvalue weighted by Gasteiger charge is 2.11. The van der Waals surface area contributed by atoms with Gasteiger partial charge in [-0.15, -0.1) is 0 Å². The number of para-hydroxylation sites is 1. The molecule has 4 nitrogen and oxygen atoms in total. The van der Waals surface area contributed by atoms with Gasteiger partial charge in [0.1, 0.15) is 11.6 Å². The van der Waals surface area contributed by atoms with Crippen molar-refractivity contribution in [1.82, 2.24) is 9.55 Å². The van der Waals surface area contributed by atoms with Crippen LogP contribution in [-0.2, 0) is 0 Å². The summed E-state index contributed by atoms with van der Waals surface area (Å²) in [5.74, 6) is 1.31. The Morgan fingerprint density at radius 3 is 2.29 bits per heavy atom. The molecule has 5 aromatic rings. The highest BCUT2D eigenvalue weighted by atomic mass is 16.5. The van der Waals surface area contributed by atoms with Crippen LogP contribution in [0.5, 0.6) is 5.75 Å². The van der Waals surface area contributed by atoms with E-state index in [2.05, 4.69) is 24.3 Å². The van der Waals surface area contributed by atoms with Crippen molar-refractivity contribution in [2.24, 2.45) is 0 Å². The third kappa shape index (κ3) is 3.49. The molecule has 4 heteroatoms. The third-order valence-electron chi connectivity index (χ3n) is 5.37. The van der Waals surface area contributed by atoms with Gasteiger partial charge in [-0.25, -0.2) is 4.98 Å². The Hall–Kier alpha value is -4.18. The quantitative estimate of drug-likeness (QED) is 0.385. The van der Waals surface area contributed by atoms with E-state index >= 15 is 0 Å². The van der Waals surface area contributed by atoms with Gasteiger partial charge < -0.3 is 4.74 Å². The van der Waals surface area contributed by atoms with Gasteiger partial charge >= 0.3 is 0 Å². The lowest BCUT2D eigenvalue weighted by Crippen LogP contribution is -2.22. The minimum absolute atomic E-state index is 0.103. The molecule has 0 N–H and O–H groups in total. The van der Waals surface area contributed by atoms with E-state index in [-0.39, 0.29) is 5.56 Å². The summed E-state index contributed by atoms with van der Waals surface area (Å²) in [6.45, 7) is 0. The van der Waals surface area contributed by atoms with E-state index in [1.165, 1.54) is 5.39 Å². The molecule has 0 aliphatic rings. The minimum Gasteiger partial charge on any atom is -0.497 e. The Morgan fingerprint density at radius 2 is 1.48 bits per heavy atom. The molecule has 150 valence electrons. The number of benzene rings is 4. The Labute approximate surface area is 179 Å². The van der Waals surface area contributed by atoms with E-state index < -0.39 is 0 Å². The molecule has 1 aromatic heterocycles. The van der Waals surface area contributed by atoms with Crippen LogP contribution >= 0.6 is 0 Å². The summed E-state index contributed by atoms with van der Waals surface area (Å²) in [7, 11) is 1.62. The van der Waals surface area contributed by atoms with Gasteiger partial charge in [0.2, 0.25) is 0 Å². The molecular weight excluding hydrogens is 384 g/mol. The fraction of sp³-hybridized carbons (Fsp3) is 0.0370. The largest absolute Gasteiger partial charge is 0.497 e. The normalized spacial score (nSPS) is 11.4. The summed E-state index contributed by atoms with van der Waals surface area (Å²) in [5, 5.41) is 2.91. The molecule has 0 aliphatic carbocycles. The maximum absolute atomic E-state index is 13.4. The molecule has 0 bridgehead atoms. The van der Waals surface area contributed by atoms with Crippen molar-refractivity contribution in [2.75, 3.05) is 7.11 Å². The number of rotatable bonds is 4. The highest BCUT2D eigenvalue weighted by molar-refractivity contribution is 5.92. The van der Waals surface area contributed by atoms with Crippen LogP contribution in [-0.4, -0.2) is 16.7 Å². The second kappa shape index (κ2) is 7.92. The second-order valence-electron chi connectivity index (χ2n) is 7.23. The van der Waals surface area contributed by atoms with E-state index in [9.17, 15) is 4.79 Å². The van der Waals surface area contributed by atoms with Gasteiger partial charge in [0, 0.05) is 0 Å². The first-order valence-corrected chi connectivity index (χ1v) is 10.1. The number of ether oxygens (including phenoxy) is 1. The van der Waals surface area contributed by atoms with Crippen LogP contribution in [0.1, 0.15) is 11.4 Å². The van der Waals surface area contributed by atoms with Crippen molar-refractivity contribution in [2.45, 2.75) is 0 Å². The summed E-state index contributed by atoms with van der Waals surface area (Å²) in [4.78, 5) is 18.2. The lowest BCUT2D eigenvalue weighted by molar-refractivity contribution is 0.414. The van der Waals surface area contributed by atoms with Crippen LogP contribution in [0.2, 0.25) is 0 Å². The molecule has 0 fully saturated rings. The third-order valence-corrected chi connectivity index (χ3v) is 5.37. The van der Waals surface area contributed by atoms with Crippen LogP contribution in [0.3, 0.4) is 0 Å². The lowest BCUT2D eigenvalue weighted by atomic mass is 10.0. The first-order valence-electron chi connectivity index (χ1n) is 10.1. The van der Waals surface area contributed by atoms with Crippen molar-refractivity contribution in [3.63, 3.8) is 0 Å². The number of hydrogen-bond donors (Lipinski definition) is 0. The number of methoxy groups -OCH3 is 1. The van der Waals surface area contributed by atoms with Crippen LogP contribution in [0, 0.1) is 0 Å². The molecule has 0 aliphatic heterocycles. The number of nitrogens with zero attached hydrogens (tertiary/aromatic N) is 2. The topological polar surface area (TPSA) is 44.1 Å². The van der Waals surface area contributed by atoms with E-state index in [0.717, 1.165) is 22.4 Å². The maximum Gasteiger partial charge on any atom is 0.266 e. The zero-order valence-electron chi connectivity index (χ0n) is 17.0. The van der Waals surface area contributed by atoms with E-state index in [4.69, 9.17) is 9.72 Å². The lowest BCUT2D eigenvalue weighted by Gasteiger charge is -2.12. The van der Waals surface area contributed by atoms with Crippen molar-refractivity contribution < 1.29 is 4.74 Å². The number of hydrogen-bond acceptors (Lipinski definition) is 3. The Balaban J connectivity index is 1.71. The summed E-state index contributed by atoms with van der Waals surface area (Å²) in [6.07, 6.45) is 3.92. The van der Waals surface area contributed by atoms with Crippen LogP contribution < -0.4 is 10.3 Å². The molecule has 1 heterocycles. The average Bonchev–Trinajstić information content (AvgIpc) is 2.83. The molecule has 5 rings (SSSR count). The zero-order chi connectivity index (χ0) is 21.2. The van der Waals surface area contributed by atoms with E-state index in [1.807, 2.05) is 78.9 Å². The van der Waals surface area contributed by atoms with Crippen molar-refractivity contribution in [1.29, 1.82) is 0 Å². The van der Waals surface area contributed by atoms with Gasteiger partial charge in [0.15, 0.2) is 0 Å². The van der Waals surface area contributed by atoms with Gasteiger partial charge in [-0.1, -0.05) is 60.7 Å². The fourth-order valence-corrected chi connectivity index (χ4v) is 3.80. The monoisotopic (exact) mass is 404 g/mol. The Bertz CT molecular complexity index is 1480.